The Morgan fingerprint density at radius 2 is 1.92 bits per heavy atom. The summed E-state index contributed by atoms with van der Waals surface area (Å²) in [5, 5.41) is 16.0. The van der Waals surface area contributed by atoms with Gasteiger partial charge in [-0.15, -0.1) is 14.8 Å². The third-order valence-electron chi connectivity index (χ3n) is 4.71. The zero-order valence-corrected chi connectivity index (χ0v) is 13.8. The molecule has 0 radical (unpaired) electrons. The SMILES string of the molecule is CC1CCN(c2ccc3nnnn3n2)CCN1Cc1ccccc1. The van der Waals surface area contributed by atoms with Crippen LogP contribution in [0.1, 0.15) is 18.9 Å². The van der Waals surface area contributed by atoms with Crippen LogP contribution in [0.2, 0.25) is 0 Å². The number of benzene rings is 1. The number of rotatable bonds is 3. The highest BCUT2D eigenvalue weighted by Gasteiger charge is 2.22. The van der Waals surface area contributed by atoms with E-state index in [0.717, 1.165) is 38.4 Å². The van der Waals surface area contributed by atoms with Crippen molar-refractivity contribution in [2.45, 2.75) is 25.9 Å². The summed E-state index contributed by atoms with van der Waals surface area (Å²) in [6, 6.07) is 15.1. The number of aromatic nitrogens is 5. The van der Waals surface area contributed by atoms with Crippen LogP contribution in [0.25, 0.3) is 5.65 Å². The molecule has 0 bridgehead atoms. The maximum Gasteiger partial charge on any atom is 0.200 e. The summed E-state index contributed by atoms with van der Waals surface area (Å²) >= 11 is 0. The Bertz CT molecular complexity index is 801. The molecule has 1 unspecified atom stereocenters. The zero-order chi connectivity index (χ0) is 16.4. The third kappa shape index (κ3) is 3.07. The Morgan fingerprint density at radius 1 is 1.04 bits per heavy atom. The highest BCUT2D eigenvalue weighted by molar-refractivity contribution is 5.44. The van der Waals surface area contributed by atoms with Crippen LogP contribution < -0.4 is 4.90 Å². The van der Waals surface area contributed by atoms with Gasteiger partial charge in [-0.1, -0.05) is 30.3 Å². The van der Waals surface area contributed by atoms with Gasteiger partial charge in [-0.3, -0.25) is 4.90 Å². The van der Waals surface area contributed by atoms with Gasteiger partial charge in [-0.05, 0) is 41.5 Å². The number of anilines is 1. The number of hydrogen-bond acceptors (Lipinski definition) is 6. The first-order valence-corrected chi connectivity index (χ1v) is 8.38. The Morgan fingerprint density at radius 3 is 2.79 bits per heavy atom. The van der Waals surface area contributed by atoms with E-state index in [2.05, 4.69) is 67.7 Å². The van der Waals surface area contributed by atoms with E-state index in [1.54, 1.807) is 0 Å². The molecule has 1 atom stereocenters. The Labute approximate surface area is 140 Å². The van der Waals surface area contributed by atoms with E-state index in [1.807, 2.05) is 12.1 Å². The minimum absolute atomic E-state index is 0.548. The van der Waals surface area contributed by atoms with Crippen LogP contribution in [-0.4, -0.2) is 55.8 Å². The van der Waals surface area contributed by atoms with E-state index < -0.39 is 0 Å². The van der Waals surface area contributed by atoms with Gasteiger partial charge in [0, 0.05) is 32.2 Å². The van der Waals surface area contributed by atoms with Crippen molar-refractivity contribution in [2.24, 2.45) is 0 Å². The fourth-order valence-electron chi connectivity index (χ4n) is 3.20. The standard InChI is InChI=1S/C17H21N7/c1-14-9-10-22(17-8-7-16-18-20-21-24(16)19-17)11-12-23(14)13-15-5-3-2-4-6-15/h2-8,14H,9-13H2,1H3. The minimum atomic E-state index is 0.548. The summed E-state index contributed by atoms with van der Waals surface area (Å²) in [5.74, 6) is 0.934. The van der Waals surface area contributed by atoms with E-state index in [4.69, 9.17) is 0 Å². The first kappa shape index (κ1) is 15.0. The summed E-state index contributed by atoms with van der Waals surface area (Å²) in [6.07, 6.45) is 1.11. The van der Waals surface area contributed by atoms with Crippen molar-refractivity contribution in [1.82, 2.24) is 30.2 Å². The molecule has 7 heteroatoms. The monoisotopic (exact) mass is 323 g/mol. The highest BCUT2D eigenvalue weighted by atomic mass is 15.6. The van der Waals surface area contributed by atoms with Crippen molar-refractivity contribution in [3.05, 3.63) is 48.0 Å². The molecule has 24 heavy (non-hydrogen) atoms. The Balaban J connectivity index is 1.48. The lowest BCUT2D eigenvalue weighted by Gasteiger charge is -2.26. The molecule has 0 amide bonds. The molecular formula is C17H21N7. The molecule has 124 valence electrons. The van der Waals surface area contributed by atoms with E-state index in [1.165, 1.54) is 10.2 Å². The average molecular weight is 323 g/mol. The van der Waals surface area contributed by atoms with Crippen LogP contribution in [0.5, 0.6) is 0 Å². The van der Waals surface area contributed by atoms with Crippen LogP contribution in [-0.2, 0) is 6.54 Å². The van der Waals surface area contributed by atoms with Crippen molar-refractivity contribution >= 4 is 11.5 Å². The van der Waals surface area contributed by atoms with Gasteiger partial charge in [0.15, 0.2) is 11.5 Å². The zero-order valence-electron chi connectivity index (χ0n) is 13.8. The van der Waals surface area contributed by atoms with E-state index in [0.29, 0.717) is 11.7 Å². The Kier molecular flexibility index (Phi) is 4.08. The second kappa shape index (κ2) is 6.52. The average Bonchev–Trinajstić information content (AvgIpc) is 3.01. The van der Waals surface area contributed by atoms with Crippen LogP contribution in [0, 0.1) is 0 Å². The molecule has 1 fully saturated rings. The van der Waals surface area contributed by atoms with Gasteiger partial charge in [0.05, 0.1) is 0 Å². The minimum Gasteiger partial charge on any atom is -0.354 e. The quantitative estimate of drug-likeness (QED) is 0.730. The molecule has 2 aromatic heterocycles. The number of tetrazole rings is 1. The normalized spacial score (nSPS) is 19.5. The van der Waals surface area contributed by atoms with Gasteiger partial charge in [0.2, 0.25) is 0 Å². The van der Waals surface area contributed by atoms with Crippen LogP contribution >= 0.6 is 0 Å². The Hall–Kier alpha value is -2.54. The lowest BCUT2D eigenvalue weighted by molar-refractivity contribution is 0.212. The number of fused-ring (bicyclic) bond motifs is 1. The third-order valence-corrected chi connectivity index (χ3v) is 4.71. The van der Waals surface area contributed by atoms with Crippen molar-refractivity contribution in [2.75, 3.05) is 24.5 Å². The first-order chi connectivity index (χ1) is 11.8. The van der Waals surface area contributed by atoms with Gasteiger partial charge in [-0.25, -0.2) is 0 Å². The molecule has 0 aliphatic carbocycles. The van der Waals surface area contributed by atoms with Crippen LogP contribution in [0.15, 0.2) is 42.5 Å². The molecule has 1 saturated heterocycles. The van der Waals surface area contributed by atoms with Crippen LogP contribution in [0.4, 0.5) is 5.82 Å². The molecule has 1 aliphatic heterocycles. The molecule has 0 saturated carbocycles. The van der Waals surface area contributed by atoms with E-state index in [-0.39, 0.29) is 0 Å². The maximum absolute atomic E-state index is 4.52. The molecular weight excluding hydrogens is 302 g/mol. The lowest BCUT2D eigenvalue weighted by atomic mass is 10.1. The van der Waals surface area contributed by atoms with Gasteiger partial charge in [0.25, 0.3) is 0 Å². The summed E-state index contributed by atoms with van der Waals surface area (Å²) in [5.41, 5.74) is 2.04. The number of hydrogen-bond donors (Lipinski definition) is 0. The van der Waals surface area contributed by atoms with Crippen LogP contribution in [0.3, 0.4) is 0 Å². The first-order valence-electron chi connectivity index (χ1n) is 8.38. The topological polar surface area (TPSA) is 62.5 Å². The molecule has 3 heterocycles. The molecule has 1 aliphatic rings. The molecule has 3 aromatic rings. The largest absolute Gasteiger partial charge is 0.354 e. The summed E-state index contributed by atoms with van der Waals surface area (Å²) in [7, 11) is 0. The van der Waals surface area contributed by atoms with Crippen molar-refractivity contribution in [3.8, 4) is 0 Å². The van der Waals surface area contributed by atoms with Gasteiger partial charge in [0.1, 0.15) is 0 Å². The second-order valence-corrected chi connectivity index (χ2v) is 6.30. The van der Waals surface area contributed by atoms with Crippen molar-refractivity contribution in [1.29, 1.82) is 0 Å². The van der Waals surface area contributed by atoms with Gasteiger partial charge < -0.3 is 4.90 Å². The fourth-order valence-corrected chi connectivity index (χ4v) is 3.20. The predicted octanol–water partition coefficient (Wildman–Crippen LogP) is 1.62. The molecule has 0 N–H and O–H groups in total. The molecule has 1 aromatic carbocycles. The summed E-state index contributed by atoms with van der Waals surface area (Å²) in [4.78, 5) is 4.87. The second-order valence-electron chi connectivity index (χ2n) is 6.30. The lowest BCUT2D eigenvalue weighted by Crippen LogP contribution is -2.34. The van der Waals surface area contributed by atoms with Crippen molar-refractivity contribution < 1.29 is 0 Å². The van der Waals surface area contributed by atoms with E-state index in [9.17, 15) is 0 Å². The van der Waals surface area contributed by atoms with Crippen molar-refractivity contribution in [3.63, 3.8) is 0 Å². The molecule has 7 nitrogen and oxygen atoms in total. The molecule has 4 rings (SSSR count). The summed E-state index contributed by atoms with van der Waals surface area (Å²) < 4.78 is 1.49. The number of nitrogens with zero attached hydrogens (tertiary/aromatic N) is 7. The van der Waals surface area contributed by atoms with Gasteiger partial charge >= 0.3 is 0 Å². The van der Waals surface area contributed by atoms with Gasteiger partial charge in [-0.2, -0.15) is 0 Å². The highest BCUT2D eigenvalue weighted by Crippen LogP contribution is 2.18. The predicted molar refractivity (Wildman–Crippen MR) is 91.7 cm³/mol. The van der Waals surface area contributed by atoms with E-state index >= 15 is 0 Å². The summed E-state index contributed by atoms with van der Waals surface area (Å²) in [6.45, 7) is 6.27. The molecule has 0 spiro atoms. The smallest absolute Gasteiger partial charge is 0.200 e. The fraction of sp³-hybridized carbons (Fsp3) is 0.412. The maximum atomic E-state index is 4.52.